The van der Waals surface area contributed by atoms with Crippen LogP contribution in [0, 0.1) is 0 Å². The van der Waals surface area contributed by atoms with Crippen molar-refractivity contribution in [3.63, 3.8) is 0 Å². The monoisotopic (exact) mass is 270 g/mol. The van der Waals surface area contributed by atoms with Gasteiger partial charge in [-0.1, -0.05) is 74.5 Å². The highest BCUT2D eigenvalue weighted by Gasteiger charge is 2.13. The van der Waals surface area contributed by atoms with E-state index in [4.69, 9.17) is 4.43 Å². The molecule has 2 aromatic rings. The molecular weight excluding hydrogens is 248 g/mol. The fraction of sp³-hybridized carbons (Fsp3) is 0.294. The van der Waals surface area contributed by atoms with Gasteiger partial charge in [0.15, 0.2) is 9.76 Å². The van der Waals surface area contributed by atoms with Crippen LogP contribution < -0.4 is 0 Å². The summed E-state index contributed by atoms with van der Waals surface area (Å²) in [5.41, 5.74) is 3.33. The van der Waals surface area contributed by atoms with Gasteiger partial charge >= 0.3 is 0 Å². The van der Waals surface area contributed by atoms with Gasteiger partial charge in [-0.2, -0.15) is 0 Å². The summed E-state index contributed by atoms with van der Waals surface area (Å²) in [6.07, 6.45) is 1.17. The molecule has 2 rings (SSSR count). The first-order valence-corrected chi connectivity index (χ1v) is 8.35. The summed E-state index contributed by atoms with van der Waals surface area (Å²) in [4.78, 5) is 0. The van der Waals surface area contributed by atoms with E-state index in [0.29, 0.717) is 5.54 Å². The summed E-state index contributed by atoms with van der Waals surface area (Å²) in [5.74, 6) is 0. The number of rotatable bonds is 6. The molecule has 0 N–H and O–H groups in total. The third-order valence-electron chi connectivity index (χ3n) is 3.07. The fourth-order valence-electron chi connectivity index (χ4n) is 2.08. The van der Waals surface area contributed by atoms with Gasteiger partial charge in [-0.15, -0.1) is 0 Å². The highest BCUT2D eigenvalue weighted by Crippen LogP contribution is 2.22. The maximum atomic E-state index is 6.23. The molecule has 0 aliphatic rings. The number of hydrogen-bond acceptors (Lipinski definition) is 1. The van der Waals surface area contributed by atoms with Crippen molar-refractivity contribution in [2.24, 2.45) is 0 Å². The van der Waals surface area contributed by atoms with Crippen LogP contribution in [-0.2, 0) is 10.8 Å². The maximum Gasteiger partial charge on any atom is 0.164 e. The first-order chi connectivity index (χ1) is 9.25. The SMILES string of the molecule is CC(C)[SiH2]OC(Cc1ccccc1)c1ccccc1. The summed E-state index contributed by atoms with van der Waals surface area (Å²) in [6, 6.07) is 21.2. The second-order valence-corrected chi connectivity index (χ2v) is 7.62. The first kappa shape index (κ1) is 14.0. The van der Waals surface area contributed by atoms with Crippen LogP contribution >= 0.6 is 0 Å². The van der Waals surface area contributed by atoms with E-state index in [9.17, 15) is 0 Å². The Morgan fingerprint density at radius 3 is 2.05 bits per heavy atom. The van der Waals surface area contributed by atoms with Crippen LogP contribution in [0.4, 0.5) is 0 Å². The Morgan fingerprint density at radius 1 is 0.895 bits per heavy atom. The summed E-state index contributed by atoms with van der Waals surface area (Å²) in [7, 11) is -0.461. The third-order valence-corrected chi connectivity index (χ3v) is 4.33. The van der Waals surface area contributed by atoms with Crippen molar-refractivity contribution < 1.29 is 4.43 Å². The zero-order valence-corrected chi connectivity index (χ0v) is 13.2. The standard InChI is InChI=1S/C17H22OSi/c1-14(2)19-18-17(16-11-7-4-8-12-16)13-15-9-5-3-6-10-15/h3-12,14,17H,13,19H2,1-2H3. The highest BCUT2D eigenvalue weighted by atomic mass is 28.2. The number of hydrogen-bond donors (Lipinski definition) is 0. The molecule has 1 unspecified atom stereocenters. The van der Waals surface area contributed by atoms with Gasteiger partial charge < -0.3 is 4.43 Å². The molecule has 0 aliphatic carbocycles. The van der Waals surface area contributed by atoms with Gasteiger partial charge in [0, 0.05) is 6.42 Å². The molecule has 19 heavy (non-hydrogen) atoms. The van der Waals surface area contributed by atoms with E-state index < -0.39 is 9.76 Å². The fourth-order valence-corrected chi connectivity index (χ4v) is 3.00. The lowest BCUT2D eigenvalue weighted by Crippen LogP contribution is -2.12. The molecule has 1 atom stereocenters. The number of benzene rings is 2. The summed E-state index contributed by atoms with van der Waals surface area (Å²) >= 11 is 0. The van der Waals surface area contributed by atoms with Gasteiger partial charge in [0.1, 0.15) is 0 Å². The Balaban J connectivity index is 2.10. The van der Waals surface area contributed by atoms with Crippen molar-refractivity contribution in [3.8, 4) is 0 Å². The molecule has 0 fully saturated rings. The molecule has 100 valence electrons. The quantitative estimate of drug-likeness (QED) is 0.723. The predicted octanol–water partition coefficient (Wildman–Crippen LogP) is 3.90. The smallest absolute Gasteiger partial charge is 0.164 e. The Morgan fingerprint density at radius 2 is 1.47 bits per heavy atom. The van der Waals surface area contributed by atoms with Crippen LogP contribution in [0.15, 0.2) is 60.7 Å². The molecule has 2 aromatic carbocycles. The average Bonchev–Trinajstić information content (AvgIpc) is 2.45. The zero-order valence-electron chi connectivity index (χ0n) is 11.8. The van der Waals surface area contributed by atoms with Crippen LogP contribution in [0.3, 0.4) is 0 Å². The Hall–Kier alpha value is -1.38. The summed E-state index contributed by atoms with van der Waals surface area (Å²) < 4.78 is 6.23. The van der Waals surface area contributed by atoms with Crippen LogP contribution in [0.25, 0.3) is 0 Å². The average molecular weight is 270 g/mol. The van der Waals surface area contributed by atoms with E-state index >= 15 is 0 Å². The lowest BCUT2D eigenvalue weighted by Gasteiger charge is -2.20. The van der Waals surface area contributed by atoms with Crippen molar-refractivity contribution in [1.29, 1.82) is 0 Å². The minimum absolute atomic E-state index is 0.206. The van der Waals surface area contributed by atoms with E-state index in [0.717, 1.165) is 6.42 Å². The predicted molar refractivity (Wildman–Crippen MR) is 84.1 cm³/mol. The van der Waals surface area contributed by atoms with E-state index in [-0.39, 0.29) is 6.10 Å². The molecule has 0 saturated heterocycles. The lowest BCUT2D eigenvalue weighted by atomic mass is 10.0. The third kappa shape index (κ3) is 4.65. The van der Waals surface area contributed by atoms with Gasteiger partial charge in [0.2, 0.25) is 0 Å². The van der Waals surface area contributed by atoms with E-state index in [1.54, 1.807) is 0 Å². The first-order valence-electron chi connectivity index (χ1n) is 6.96. The van der Waals surface area contributed by atoms with E-state index in [1.165, 1.54) is 11.1 Å². The molecule has 0 aromatic heterocycles. The minimum atomic E-state index is -0.461. The second kappa shape index (κ2) is 7.27. The van der Waals surface area contributed by atoms with Crippen LogP contribution in [0.2, 0.25) is 5.54 Å². The zero-order chi connectivity index (χ0) is 13.5. The molecule has 0 spiro atoms. The van der Waals surface area contributed by atoms with Crippen LogP contribution in [0.5, 0.6) is 0 Å². The molecule has 0 amide bonds. The van der Waals surface area contributed by atoms with Crippen molar-refractivity contribution in [1.82, 2.24) is 0 Å². The normalized spacial score (nSPS) is 13.2. The van der Waals surface area contributed by atoms with Gasteiger partial charge in [0.05, 0.1) is 6.10 Å². The molecule has 0 heterocycles. The minimum Gasteiger partial charge on any atom is -0.417 e. The molecule has 0 saturated carbocycles. The van der Waals surface area contributed by atoms with Crippen molar-refractivity contribution >= 4 is 9.76 Å². The second-order valence-electron chi connectivity index (χ2n) is 5.32. The van der Waals surface area contributed by atoms with E-state index in [2.05, 4.69) is 74.5 Å². The van der Waals surface area contributed by atoms with E-state index in [1.807, 2.05) is 0 Å². The van der Waals surface area contributed by atoms with Crippen molar-refractivity contribution in [2.75, 3.05) is 0 Å². The molecule has 0 aliphatic heterocycles. The van der Waals surface area contributed by atoms with Crippen LogP contribution in [0.1, 0.15) is 31.1 Å². The van der Waals surface area contributed by atoms with Crippen molar-refractivity contribution in [3.05, 3.63) is 71.8 Å². The van der Waals surface area contributed by atoms with Gasteiger partial charge in [-0.3, -0.25) is 0 Å². The topological polar surface area (TPSA) is 9.23 Å². The van der Waals surface area contributed by atoms with Gasteiger partial charge in [0.25, 0.3) is 0 Å². The van der Waals surface area contributed by atoms with Crippen molar-refractivity contribution in [2.45, 2.75) is 31.9 Å². The Kier molecular flexibility index (Phi) is 5.37. The lowest BCUT2D eigenvalue weighted by molar-refractivity contribution is 0.214. The largest absolute Gasteiger partial charge is 0.417 e. The van der Waals surface area contributed by atoms with Gasteiger partial charge in [-0.25, -0.2) is 0 Å². The highest BCUT2D eigenvalue weighted by molar-refractivity contribution is 6.29. The molecule has 0 bridgehead atoms. The Labute approximate surface area is 118 Å². The summed E-state index contributed by atoms with van der Waals surface area (Å²) in [5, 5.41) is 0. The summed E-state index contributed by atoms with van der Waals surface area (Å²) in [6.45, 7) is 4.49. The van der Waals surface area contributed by atoms with Crippen LogP contribution in [-0.4, -0.2) is 9.76 Å². The molecule has 2 heteroatoms. The molecule has 1 nitrogen and oxygen atoms in total. The maximum absolute atomic E-state index is 6.23. The van der Waals surface area contributed by atoms with Gasteiger partial charge in [-0.05, 0) is 16.7 Å². The molecular formula is C17H22OSi. The Bertz CT molecular complexity index is 467. The molecule has 0 radical (unpaired) electrons.